The summed E-state index contributed by atoms with van der Waals surface area (Å²) in [4.78, 5) is 40.3. The van der Waals surface area contributed by atoms with Crippen LogP contribution in [0.25, 0.3) is 5.76 Å². The molecule has 4 rings (SSSR count). The van der Waals surface area contributed by atoms with E-state index < -0.39 is 22.7 Å². The molecule has 2 heterocycles. The van der Waals surface area contributed by atoms with E-state index in [0.29, 0.717) is 42.3 Å². The maximum absolute atomic E-state index is 13.1. The number of rotatable bonds is 7. The van der Waals surface area contributed by atoms with Gasteiger partial charge in [-0.25, -0.2) is 0 Å². The van der Waals surface area contributed by atoms with Crippen LogP contribution in [0, 0.1) is 10.1 Å². The lowest BCUT2D eigenvalue weighted by Crippen LogP contribution is -2.38. The van der Waals surface area contributed by atoms with Crippen molar-refractivity contribution in [3.8, 4) is 0 Å². The van der Waals surface area contributed by atoms with Gasteiger partial charge in [0.05, 0.1) is 29.8 Å². The smallest absolute Gasteiger partial charge is 0.295 e. The van der Waals surface area contributed by atoms with E-state index in [9.17, 15) is 24.8 Å². The number of aliphatic hydroxyl groups is 1. The van der Waals surface area contributed by atoms with Crippen LogP contribution in [-0.2, 0) is 14.3 Å². The average molecular weight is 486 g/mol. The van der Waals surface area contributed by atoms with Gasteiger partial charge in [-0.3, -0.25) is 24.6 Å². The first kappa shape index (κ1) is 23.9. The highest BCUT2D eigenvalue weighted by Gasteiger charge is 2.45. The second kappa shape index (κ2) is 10.3. The minimum atomic E-state index is -0.860. The Kier molecular flexibility index (Phi) is 7.26. The summed E-state index contributed by atoms with van der Waals surface area (Å²) < 4.78 is 5.36. The summed E-state index contributed by atoms with van der Waals surface area (Å²) in [5.74, 6) is -1.81. The summed E-state index contributed by atoms with van der Waals surface area (Å²) in [7, 11) is 0. The predicted molar refractivity (Wildman–Crippen MR) is 125 cm³/mol. The van der Waals surface area contributed by atoms with Crippen LogP contribution in [-0.4, -0.2) is 70.9 Å². The Bertz CT molecular complexity index is 1110. The van der Waals surface area contributed by atoms with Crippen LogP contribution in [0.5, 0.6) is 0 Å². The molecular formula is C24H24ClN3O6. The average Bonchev–Trinajstić information content (AvgIpc) is 3.10. The first-order valence-electron chi connectivity index (χ1n) is 11.0. The number of nitrogens with zero attached hydrogens (tertiary/aromatic N) is 3. The molecular weight excluding hydrogens is 462 g/mol. The second-order valence-electron chi connectivity index (χ2n) is 8.16. The van der Waals surface area contributed by atoms with Crippen molar-refractivity contribution >= 4 is 34.7 Å². The summed E-state index contributed by atoms with van der Waals surface area (Å²) in [6.45, 7) is 3.96. The van der Waals surface area contributed by atoms with Gasteiger partial charge in [0.1, 0.15) is 5.76 Å². The number of hydrogen-bond acceptors (Lipinski definition) is 7. The molecule has 1 N–H and O–H groups in total. The molecule has 0 radical (unpaired) electrons. The number of non-ortho nitro benzene ring substituents is 1. The maximum atomic E-state index is 13.1. The van der Waals surface area contributed by atoms with Crippen molar-refractivity contribution < 1.29 is 24.4 Å². The number of hydrogen-bond donors (Lipinski definition) is 1. The number of ether oxygens (including phenoxy) is 1. The Labute approximate surface area is 201 Å². The van der Waals surface area contributed by atoms with Gasteiger partial charge in [0, 0.05) is 48.9 Å². The number of likely N-dealkylation sites (tertiary alicyclic amines) is 1. The van der Waals surface area contributed by atoms with Crippen molar-refractivity contribution in [2.24, 2.45) is 0 Å². The normalized spacial score (nSPS) is 20.6. The molecule has 0 unspecified atom stereocenters. The third-order valence-electron chi connectivity index (χ3n) is 6.05. The quantitative estimate of drug-likeness (QED) is 0.210. The van der Waals surface area contributed by atoms with Gasteiger partial charge in [-0.1, -0.05) is 11.6 Å². The molecule has 2 saturated heterocycles. The van der Waals surface area contributed by atoms with Gasteiger partial charge >= 0.3 is 0 Å². The molecule has 178 valence electrons. The number of amides is 1. The Morgan fingerprint density at radius 1 is 1.06 bits per heavy atom. The SMILES string of the molecule is O=C1C(=O)N(CCCN2CCOCC2)[C@H](c2ccc([N+](=O)[O-])cc2)C1=C(O)c1ccc(Cl)cc1. The molecule has 0 saturated carbocycles. The van der Waals surface area contributed by atoms with E-state index >= 15 is 0 Å². The summed E-state index contributed by atoms with van der Waals surface area (Å²) in [5.41, 5.74) is 0.701. The van der Waals surface area contributed by atoms with E-state index in [1.165, 1.54) is 29.2 Å². The topological polar surface area (TPSA) is 113 Å². The number of morpholine rings is 1. The van der Waals surface area contributed by atoms with Crippen LogP contribution in [0.3, 0.4) is 0 Å². The molecule has 1 amide bonds. The minimum Gasteiger partial charge on any atom is -0.507 e. The molecule has 0 aliphatic carbocycles. The van der Waals surface area contributed by atoms with Crippen molar-refractivity contribution in [2.45, 2.75) is 12.5 Å². The highest BCUT2D eigenvalue weighted by Crippen LogP contribution is 2.40. The standard InChI is InChI=1S/C24H24ClN3O6/c25-18-6-2-17(3-7-18)22(29)20-21(16-4-8-19(9-5-16)28(32)33)27(24(31)23(20)30)11-1-10-26-12-14-34-15-13-26/h2-9,21,29H,1,10-15H2/t21-/m1/s1. The zero-order valence-electron chi connectivity index (χ0n) is 18.4. The number of aliphatic hydroxyl groups excluding tert-OH is 1. The number of Topliss-reactive ketones (excluding diaryl/α,β-unsaturated/α-hetero) is 1. The van der Waals surface area contributed by atoms with E-state index in [-0.39, 0.29) is 17.0 Å². The van der Waals surface area contributed by atoms with Crippen molar-refractivity contribution in [2.75, 3.05) is 39.4 Å². The number of nitro benzene ring substituents is 1. The molecule has 34 heavy (non-hydrogen) atoms. The molecule has 2 aromatic rings. The third-order valence-corrected chi connectivity index (χ3v) is 6.31. The number of benzene rings is 2. The highest BCUT2D eigenvalue weighted by molar-refractivity contribution is 6.46. The van der Waals surface area contributed by atoms with E-state index in [2.05, 4.69) is 4.90 Å². The van der Waals surface area contributed by atoms with E-state index in [4.69, 9.17) is 16.3 Å². The molecule has 0 bridgehead atoms. The lowest BCUT2D eigenvalue weighted by atomic mass is 9.95. The van der Waals surface area contributed by atoms with E-state index in [0.717, 1.165) is 19.6 Å². The summed E-state index contributed by atoms with van der Waals surface area (Å²) in [6, 6.07) is 11.1. The van der Waals surface area contributed by atoms with Gasteiger partial charge in [-0.2, -0.15) is 0 Å². The van der Waals surface area contributed by atoms with Crippen LogP contribution in [0.2, 0.25) is 5.02 Å². The molecule has 2 aliphatic heterocycles. The predicted octanol–water partition coefficient (Wildman–Crippen LogP) is 3.39. The summed E-state index contributed by atoms with van der Waals surface area (Å²) >= 11 is 5.94. The lowest BCUT2D eigenvalue weighted by molar-refractivity contribution is -0.384. The van der Waals surface area contributed by atoms with Crippen molar-refractivity contribution in [1.82, 2.24) is 9.80 Å². The molecule has 0 spiro atoms. The molecule has 2 fully saturated rings. The van der Waals surface area contributed by atoms with Gasteiger partial charge in [-0.05, 0) is 48.4 Å². The Hall–Kier alpha value is -3.27. The Balaban J connectivity index is 1.68. The molecule has 1 atom stereocenters. The van der Waals surface area contributed by atoms with Crippen LogP contribution < -0.4 is 0 Å². The van der Waals surface area contributed by atoms with Crippen LogP contribution in [0.1, 0.15) is 23.6 Å². The van der Waals surface area contributed by atoms with Gasteiger partial charge in [0.2, 0.25) is 0 Å². The first-order chi connectivity index (χ1) is 16.4. The number of carbonyl (C=O) groups is 2. The number of ketones is 1. The fourth-order valence-corrected chi connectivity index (χ4v) is 4.41. The zero-order valence-corrected chi connectivity index (χ0v) is 19.1. The largest absolute Gasteiger partial charge is 0.507 e. The van der Waals surface area contributed by atoms with Crippen LogP contribution in [0.4, 0.5) is 5.69 Å². The molecule has 0 aromatic heterocycles. The van der Waals surface area contributed by atoms with Gasteiger partial charge in [0.25, 0.3) is 17.4 Å². The van der Waals surface area contributed by atoms with Crippen LogP contribution in [0.15, 0.2) is 54.1 Å². The monoisotopic (exact) mass is 485 g/mol. The molecule has 10 heteroatoms. The van der Waals surface area contributed by atoms with E-state index in [1.807, 2.05) is 0 Å². The number of halogens is 1. The Morgan fingerprint density at radius 3 is 2.32 bits per heavy atom. The van der Waals surface area contributed by atoms with Crippen LogP contribution >= 0.6 is 11.6 Å². The fourth-order valence-electron chi connectivity index (χ4n) is 4.29. The lowest BCUT2D eigenvalue weighted by Gasteiger charge is -2.29. The van der Waals surface area contributed by atoms with Gasteiger partial charge in [0.15, 0.2) is 0 Å². The zero-order chi connectivity index (χ0) is 24.2. The highest BCUT2D eigenvalue weighted by atomic mass is 35.5. The summed E-state index contributed by atoms with van der Waals surface area (Å²) in [5, 5.41) is 22.6. The first-order valence-corrected chi connectivity index (χ1v) is 11.3. The maximum Gasteiger partial charge on any atom is 0.295 e. The molecule has 9 nitrogen and oxygen atoms in total. The summed E-state index contributed by atoms with van der Waals surface area (Å²) in [6.07, 6.45) is 0.623. The third kappa shape index (κ3) is 4.96. The fraction of sp³-hybridized carbons (Fsp3) is 0.333. The van der Waals surface area contributed by atoms with E-state index in [1.54, 1.807) is 24.3 Å². The number of nitro groups is 1. The number of carbonyl (C=O) groups excluding carboxylic acids is 2. The van der Waals surface area contributed by atoms with Gasteiger partial charge in [-0.15, -0.1) is 0 Å². The Morgan fingerprint density at radius 2 is 1.71 bits per heavy atom. The molecule has 2 aliphatic rings. The van der Waals surface area contributed by atoms with Crippen molar-refractivity contribution in [3.63, 3.8) is 0 Å². The minimum absolute atomic E-state index is 0.0486. The van der Waals surface area contributed by atoms with Crippen molar-refractivity contribution in [3.05, 3.63) is 80.4 Å². The molecule has 2 aromatic carbocycles. The second-order valence-corrected chi connectivity index (χ2v) is 8.59. The van der Waals surface area contributed by atoms with Gasteiger partial charge < -0.3 is 14.7 Å². The van der Waals surface area contributed by atoms with Crippen molar-refractivity contribution in [1.29, 1.82) is 0 Å².